The van der Waals surface area contributed by atoms with Crippen LogP contribution in [0.4, 0.5) is 11.4 Å². The number of anilines is 2. The molecule has 4 aromatic rings. The first-order valence-electron chi connectivity index (χ1n) is 9.95. The molecule has 158 valence electrons. The summed E-state index contributed by atoms with van der Waals surface area (Å²) in [4.78, 5) is 8.25. The smallest absolute Gasteiger partial charge is 0.321 e. The molecule has 0 aliphatic heterocycles. The minimum absolute atomic E-state index is 0.288. The van der Waals surface area contributed by atoms with Gasteiger partial charge in [-0.05, 0) is 49.6 Å². The highest BCUT2D eigenvalue weighted by atomic mass is 32.2. The standard InChI is InChI=1S/C22H21N5O3S/c23-20-18-10-9-17(30-22-24-11-2-12-25-22)13-19(18)27(16-3-1-4-16)21(20)14-5-7-15(8-6-14)26-31(28)29/h2,5-13,16,26H,1,3-4,23H2,(H,28,29)/p-1. The Kier molecular flexibility index (Phi) is 5.05. The maximum absolute atomic E-state index is 10.9. The Morgan fingerprint density at radius 2 is 1.87 bits per heavy atom. The van der Waals surface area contributed by atoms with Crippen LogP contribution in [-0.2, 0) is 11.3 Å². The van der Waals surface area contributed by atoms with E-state index in [4.69, 9.17) is 10.5 Å². The van der Waals surface area contributed by atoms with E-state index >= 15 is 0 Å². The van der Waals surface area contributed by atoms with Crippen LogP contribution in [0.3, 0.4) is 0 Å². The molecule has 9 heteroatoms. The summed E-state index contributed by atoms with van der Waals surface area (Å²) < 4.78 is 32.3. The molecule has 0 saturated heterocycles. The third kappa shape index (κ3) is 3.73. The zero-order valence-corrected chi connectivity index (χ0v) is 17.3. The summed E-state index contributed by atoms with van der Waals surface area (Å²) in [5, 5.41) is 0.950. The lowest BCUT2D eigenvalue weighted by molar-refractivity contribution is 0.324. The van der Waals surface area contributed by atoms with Gasteiger partial charge in [0.05, 0.1) is 16.9 Å². The summed E-state index contributed by atoms with van der Waals surface area (Å²) in [6.45, 7) is 0. The molecule has 1 aliphatic rings. The molecule has 1 saturated carbocycles. The van der Waals surface area contributed by atoms with Crippen LogP contribution in [0.2, 0.25) is 0 Å². The van der Waals surface area contributed by atoms with Crippen molar-refractivity contribution >= 4 is 33.5 Å². The number of benzene rings is 2. The number of nitrogen functional groups attached to an aromatic ring is 1. The van der Waals surface area contributed by atoms with Gasteiger partial charge >= 0.3 is 6.01 Å². The fourth-order valence-electron chi connectivity index (χ4n) is 3.93. The Labute approximate surface area is 181 Å². The lowest BCUT2D eigenvalue weighted by atomic mass is 9.92. The molecule has 8 nitrogen and oxygen atoms in total. The lowest BCUT2D eigenvalue weighted by Gasteiger charge is -2.30. The SMILES string of the molecule is Nc1c(-c2ccc(NS(=O)[O-])cc2)n(C2CCC2)c2cc(Oc3ncccn3)ccc12. The first-order chi connectivity index (χ1) is 15.1. The largest absolute Gasteiger partial charge is 0.755 e. The topological polar surface area (TPSA) is 118 Å². The second-order valence-electron chi connectivity index (χ2n) is 7.44. The molecular weight excluding hydrogens is 414 g/mol. The molecule has 1 unspecified atom stereocenters. The molecule has 3 N–H and O–H groups in total. The number of fused-ring (bicyclic) bond motifs is 1. The number of ether oxygens (including phenoxy) is 1. The van der Waals surface area contributed by atoms with E-state index in [0.29, 0.717) is 23.2 Å². The number of rotatable bonds is 6. The highest BCUT2D eigenvalue weighted by Crippen LogP contribution is 2.45. The van der Waals surface area contributed by atoms with Crippen molar-refractivity contribution in [3.8, 4) is 23.0 Å². The van der Waals surface area contributed by atoms with Crippen molar-refractivity contribution in [2.45, 2.75) is 25.3 Å². The number of hydrogen-bond acceptors (Lipinski definition) is 6. The summed E-state index contributed by atoms with van der Waals surface area (Å²) in [6, 6.07) is 15.4. The molecule has 0 amide bonds. The van der Waals surface area contributed by atoms with Gasteiger partial charge in [-0.15, -0.1) is 0 Å². The normalized spacial score (nSPS) is 14.9. The minimum atomic E-state index is -2.36. The Bertz CT molecular complexity index is 1250. The lowest BCUT2D eigenvalue weighted by Crippen LogP contribution is -2.17. The molecule has 1 fully saturated rings. The highest BCUT2D eigenvalue weighted by Gasteiger charge is 2.27. The molecule has 5 rings (SSSR count). The number of hydrogen-bond donors (Lipinski definition) is 2. The number of aromatic nitrogens is 3. The molecule has 2 aromatic carbocycles. The van der Waals surface area contributed by atoms with E-state index in [9.17, 15) is 8.76 Å². The van der Waals surface area contributed by atoms with Crippen molar-refractivity contribution in [3.63, 3.8) is 0 Å². The molecule has 0 bridgehead atoms. The quantitative estimate of drug-likeness (QED) is 0.434. The fraction of sp³-hybridized carbons (Fsp3) is 0.182. The van der Waals surface area contributed by atoms with E-state index in [2.05, 4.69) is 19.3 Å². The van der Waals surface area contributed by atoms with Crippen LogP contribution in [0.15, 0.2) is 60.9 Å². The molecule has 1 atom stereocenters. The second kappa shape index (κ2) is 8.01. The maximum Gasteiger partial charge on any atom is 0.321 e. The van der Waals surface area contributed by atoms with Crippen LogP contribution < -0.4 is 15.2 Å². The van der Waals surface area contributed by atoms with Gasteiger partial charge in [0.15, 0.2) is 0 Å². The summed E-state index contributed by atoms with van der Waals surface area (Å²) >= 11 is -2.36. The average Bonchev–Trinajstić information content (AvgIpc) is 3.00. The number of nitrogens with zero attached hydrogens (tertiary/aromatic N) is 3. The van der Waals surface area contributed by atoms with Gasteiger partial charge in [-0.1, -0.05) is 12.1 Å². The van der Waals surface area contributed by atoms with E-state index in [1.165, 1.54) is 6.42 Å². The average molecular weight is 435 g/mol. The zero-order valence-electron chi connectivity index (χ0n) is 16.5. The van der Waals surface area contributed by atoms with Crippen LogP contribution in [0.5, 0.6) is 11.8 Å². The predicted octanol–water partition coefficient (Wildman–Crippen LogP) is 4.40. The van der Waals surface area contributed by atoms with Crippen molar-refractivity contribution < 1.29 is 13.5 Å². The monoisotopic (exact) mass is 434 g/mol. The van der Waals surface area contributed by atoms with E-state index in [0.717, 1.165) is 35.0 Å². The predicted molar refractivity (Wildman–Crippen MR) is 119 cm³/mol. The number of nitrogens with one attached hydrogen (secondary N) is 1. The van der Waals surface area contributed by atoms with Crippen molar-refractivity contribution in [3.05, 3.63) is 60.9 Å². The second-order valence-corrected chi connectivity index (χ2v) is 8.12. The molecule has 2 aromatic heterocycles. The van der Waals surface area contributed by atoms with E-state index in [-0.39, 0.29) is 6.01 Å². The molecular formula is C22H20N5O3S-. The Hall–Kier alpha value is -3.43. The minimum Gasteiger partial charge on any atom is -0.755 e. The van der Waals surface area contributed by atoms with E-state index in [1.807, 2.05) is 30.3 Å². The third-order valence-corrected chi connectivity index (χ3v) is 5.97. The van der Waals surface area contributed by atoms with Crippen molar-refractivity contribution in [1.82, 2.24) is 14.5 Å². The van der Waals surface area contributed by atoms with Gasteiger partial charge in [-0.2, -0.15) is 0 Å². The fourth-order valence-corrected chi connectivity index (χ4v) is 4.26. The Balaban J connectivity index is 1.60. The van der Waals surface area contributed by atoms with Crippen molar-refractivity contribution in [2.24, 2.45) is 0 Å². The maximum atomic E-state index is 10.9. The van der Waals surface area contributed by atoms with Gasteiger partial charge < -0.3 is 24.3 Å². The van der Waals surface area contributed by atoms with Crippen LogP contribution >= 0.6 is 0 Å². The van der Waals surface area contributed by atoms with Crippen LogP contribution in [0, 0.1) is 0 Å². The summed E-state index contributed by atoms with van der Waals surface area (Å²) in [7, 11) is 0. The Morgan fingerprint density at radius 3 is 2.52 bits per heavy atom. The zero-order chi connectivity index (χ0) is 21.4. The van der Waals surface area contributed by atoms with Gasteiger partial charge in [0.2, 0.25) is 0 Å². The van der Waals surface area contributed by atoms with Crippen molar-refractivity contribution in [2.75, 3.05) is 10.5 Å². The van der Waals surface area contributed by atoms with Crippen LogP contribution in [0.25, 0.3) is 22.2 Å². The molecule has 0 spiro atoms. The van der Waals surface area contributed by atoms with Gasteiger partial charge in [0, 0.05) is 52.4 Å². The first kappa shape index (κ1) is 19.5. The Morgan fingerprint density at radius 1 is 1.13 bits per heavy atom. The van der Waals surface area contributed by atoms with E-state index < -0.39 is 11.3 Å². The summed E-state index contributed by atoms with van der Waals surface area (Å²) in [5.41, 5.74) is 10.7. The van der Waals surface area contributed by atoms with Gasteiger partial charge in [0.1, 0.15) is 5.75 Å². The van der Waals surface area contributed by atoms with E-state index in [1.54, 1.807) is 30.6 Å². The van der Waals surface area contributed by atoms with Gasteiger partial charge in [-0.3, -0.25) is 4.21 Å². The summed E-state index contributed by atoms with van der Waals surface area (Å²) in [6.07, 6.45) is 6.61. The number of nitrogens with two attached hydrogens (primary N) is 1. The molecule has 0 radical (unpaired) electrons. The highest BCUT2D eigenvalue weighted by molar-refractivity contribution is 7.80. The van der Waals surface area contributed by atoms with Crippen LogP contribution in [0.1, 0.15) is 25.3 Å². The molecule has 31 heavy (non-hydrogen) atoms. The third-order valence-electron chi connectivity index (χ3n) is 5.57. The van der Waals surface area contributed by atoms with Crippen molar-refractivity contribution in [1.29, 1.82) is 0 Å². The summed E-state index contributed by atoms with van der Waals surface area (Å²) in [5.74, 6) is 0.640. The molecule has 2 heterocycles. The van der Waals surface area contributed by atoms with Crippen LogP contribution in [-0.4, -0.2) is 23.3 Å². The molecule has 1 aliphatic carbocycles. The van der Waals surface area contributed by atoms with Gasteiger partial charge in [-0.25, -0.2) is 9.97 Å². The first-order valence-corrected chi connectivity index (χ1v) is 11.0. The van der Waals surface area contributed by atoms with Gasteiger partial charge in [0.25, 0.3) is 0 Å².